The molecule has 2 atom stereocenters. The van der Waals surface area contributed by atoms with E-state index in [1.807, 2.05) is 68.4 Å². The minimum Gasteiger partial charge on any atom is -0.493 e. The number of halogens is 1. The molecule has 0 spiro atoms. The van der Waals surface area contributed by atoms with Crippen LogP contribution < -0.4 is 20.1 Å². The number of aryl methyl sites for hydroxylation is 1. The van der Waals surface area contributed by atoms with Gasteiger partial charge in [0.2, 0.25) is 0 Å². The minimum atomic E-state index is -0.511. The molecule has 1 heterocycles. The standard InChI is InChI=1S/C32H31ClN2O4/c1-18-5-12-24(13-6-18)35-32(37)29-19(2)34-25-15-22(21-9-14-27(38-3)28(17-21)39-4)16-26(36)31(25)30(29)20-7-10-23(33)11-8-20/h5-14,17,22,30,34H,15-16H2,1-4H3,(H,35,37). The molecule has 1 aliphatic carbocycles. The Balaban J connectivity index is 1.53. The number of carbonyl (C=O) groups is 2. The smallest absolute Gasteiger partial charge is 0.254 e. The van der Waals surface area contributed by atoms with Crippen molar-refractivity contribution in [3.8, 4) is 11.5 Å². The number of benzene rings is 3. The van der Waals surface area contributed by atoms with Crippen LogP contribution in [0.15, 0.2) is 89.3 Å². The SMILES string of the molecule is COc1ccc(C2CC(=O)C3=C(C2)NC(C)=C(C(=O)Nc2ccc(C)cc2)C3c2ccc(Cl)cc2)cc1OC. The van der Waals surface area contributed by atoms with Gasteiger partial charge in [-0.3, -0.25) is 9.59 Å². The van der Waals surface area contributed by atoms with Crippen molar-refractivity contribution in [2.75, 3.05) is 19.5 Å². The molecule has 2 aliphatic rings. The summed E-state index contributed by atoms with van der Waals surface area (Å²) < 4.78 is 10.9. The maximum atomic E-state index is 13.9. The Bertz CT molecular complexity index is 1490. The number of allylic oxidation sites excluding steroid dienone is 3. The molecule has 5 rings (SSSR count). The van der Waals surface area contributed by atoms with Crippen molar-refractivity contribution in [2.24, 2.45) is 0 Å². The van der Waals surface area contributed by atoms with Crippen LogP contribution in [-0.2, 0) is 9.59 Å². The number of carbonyl (C=O) groups excluding carboxylic acids is 2. The van der Waals surface area contributed by atoms with E-state index in [0.717, 1.165) is 28.1 Å². The highest BCUT2D eigenvalue weighted by atomic mass is 35.5. The molecule has 2 N–H and O–H groups in total. The molecule has 200 valence electrons. The number of Topliss-reactive ketones (excluding diaryl/α,β-unsaturated/α-hetero) is 1. The Labute approximate surface area is 233 Å². The van der Waals surface area contributed by atoms with E-state index in [4.69, 9.17) is 21.1 Å². The Morgan fingerprint density at radius 1 is 0.897 bits per heavy atom. The zero-order chi connectivity index (χ0) is 27.7. The molecule has 1 aliphatic heterocycles. The van der Waals surface area contributed by atoms with Gasteiger partial charge >= 0.3 is 0 Å². The summed E-state index contributed by atoms with van der Waals surface area (Å²) in [4.78, 5) is 27.6. The Morgan fingerprint density at radius 3 is 2.23 bits per heavy atom. The third kappa shape index (κ3) is 5.30. The highest BCUT2D eigenvalue weighted by Crippen LogP contribution is 2.46. The molecular weight excluding hydrogens is 512 g/mol. The molecule has 0 bridgehead atoms. The summed E-state index contributed by atoms with van der Waals surface area (Å²) in [6, 6.07) is 20.8. The van der Waals surface area contributed by atoms with Gasteiger partial charge in [-0.25, -0.2) is 0 Å². The van der Waals surface area contributed by atoms with Crippen LogP contribution >= 0.6 is 11.6 Å². The summed E-state index contributed by atoms with van der Waals surface area (Å²) in [6.07, 6.45) is 0.955. The average molecular weight is 543 g/mol. The first kappa shape index (κ1) is 26.6. The molecular formula is C32H31ClN2O4. The van der Waals surface area contributed by atoms with Crippen LogP contribution in [0.2, 0.25) is 5.02 Å². The van der Waals surface area contributed by atoms with Crippen molar-refractivity contribution < 1.29 is 19.1 Å². The van der Waals surface area contributed by atoms with Crippen LogP contribution in [0.25, 0.3) is 0 Å². The first-order valence-electron chi connectivity index (χ1n) is 12.9. The minimum absolute atomic E-state index is 0.0108. The first-order chi connectivity index (χ1) is 18.8. The fourth-order valence-electron chi connectivity index (χ4n) is 5.51. The zero-order valence-electron chi connectivity index (χ0n) is 22.4. The molecule has 0 fully saturated rings. The van der Waals surface area contributed by atoms with Crippen LogP contribution in [-0.4, -0.2) is 25.9 Å². The molecule has 7 heteroatoms. The lowest BCUT2D eigenvalue weighted by atomic mass is 9.71. The summed E-state index contributed by atoms with van der Waals surface area (Å²) in [5.74, 6) is 0.490. The lowest BCUT2D eigenvalue weighted by Crippen LogP contribution is -2.37. The van der Waals surface area contributed by atoms with E-state index in [1.54, 1.807) is 26.4 Å². The summed E-state index contributed by atoms with van der Waals surface area (Å²) in [5.41, 5.74) is 6.37. The fourth-order valence-corrected chi connectivity index (χ4v) is 5.63. The van der Waals surface area contributed by atoms with Crippen molar-refractivity contribution in [1.29, 1.82) is 0 Å². The molecule has 0 saturated heterocycles. The van der Waals surface area contributed by atoms with Gasteiger partial charge in [0.05, 0.1) is 14.2 Å². The number of ketones is 1. The number of methoxy groups -OCH3 is 2. The van der Waals surface area contributed by atoms with Crippen molar-refractivity contribution in [1.82, 2.24) is 5.32 Å². The number of hydrogen-bond donors (Lipinski definition) is 2. The van der Waals surface area contributed by atoms with Crippen molar-refractivity contribution in [2.45, 2.75) is 38.5 Å². The Kier molecular flexibility index (Phi) is 7.49. The zero-order valence-corrected chi connectivity index (χ0v) is 23.2. The van der Waals surface area contributed by atoms with Crippen LogP contribution in [0.5, 0.6) is 11.5 Å². The number of ether oxygens (including phenoxy) is 2. The molecule has 3 aromatic rings. The van der Waals surface area contributed by atoms with Gasteiger partial charge < -0.3 is 20.1 Å². The number of amides is 1. The highest BCUT2D eigenvalue weighted by Gasteiger charge is 2.41. The highest BCUT2D eigenvalue weighted by molar-refractivity contribution is 6.30. The maximum Gasteiger partial charge on any atom is 0.254 e. The second kappa shape index (κ2) is 11.0. The van der Waals surface area contributed by atoms with Gasteiger partial charge in [-0.15, -0.1) is 0 Å². The first-order valence-corrected chi connectivity index (χ1v) is 13.3. The Hall–Kier alpha value is -4.03. The Morgan fingerprint density at radius 2 is 1.56 bits per heavy atom. The number of anilines is 1. The number of nitrogens with one attached hydrogen (secondary N) is 2. The van der Waals surface area contributed by atoms with E-state index in [1.165, 1.54) is 0 Å². The van der Waals surface area contributed by atoms with E-state index in [9.17, 15) is 9.59 Å². The van der Waals surface area contributed by atoms with Gasteiger partial charge in [-0.1, -0.05) is 47.5 Å². The molecule has 3 aromatic carbocycles. The fraction of sp³-hybridized carbons (Fsp3) is 0.250. The third-order valence-electron chi connectivity index (χ3n) is 7.46. The predicted octanol–water partition coefficient (Wildman–Crippen LogP) is 6.67. The van der Waals surface area contributed by atoms with Crippen molar-refractivity contribution >= 4 is 29.0 Å². The van der Waals surface area contributed by atoms with Gasteiger partial charge in [0.15, 0.2) is 17.3 Å². The normalized spacial score (nSPS) is 18.8. The lowest BCUT2D eigenvalue weighted by Gasteiger charge is -2.37. The van der Waals surface area contributed by atoms with Crippen LogP contribution in [0.4, 0.5) is 5.69 Å². The van der Waals surface area contributed by atoms with E-state index in [0.29, 0.717) is 46.2 Å². The second-order valence-corrected chi connectivity index (χ2v) is 10.4. The molecule has 6 nitrogen and oxygen atoms in total. The summed E-state index contributed by atoms with van der Waals surface area (Å²) in [6.45, 7) is 3.89. The molecule has 1 amide bonds. The van der Waals surface area contributed by atoms with Gasteiger partial charge in [-0.05, 0) is 73.7 Å². The average Bonchev–Trinajstić information content (AvgIpc) is 2.93. The quantitative estimate of drug-likeness (QED) is 0.364. The van der Waals surface area contributed by atoms with Crippen LogP contribution in [0, 0.1) is 6.92 Å². The van der Waals surface area contributed by atoms with Gasteiger partial charge in [0.25, 0.3) is 5.91 Å². The summed E-state index contributed by atoms with van der Waals surface area (Å²) in [7, 11) is 3.20. The molecule has 0 saturated carbocycles. The summed E-state index contributed by atoms with van der Waals surface area (Å²) in [5, 5.41) is 7.05. The van der Waals surface area contributed by atoms with E-state index in [2.05, 4.69) is 10.6 Å². The molecule has 0 radical (unpaired) electrons. The van der Waals surface area contributed by atoms with E-state index < -0.39 is 5.92 Å². The number of dihydropyridines is 1. The van der Waals surface area contributed by atoms with Crippen LogP contribution in [0.3, 0.4) is 0 Å². The maximum absolute atomic E-state index is 13.9. The monoisotopic (exact) mass is 542 g/mol. The topological polar surface area (TPSA) is 76.7 Å². The van der Waals surface area contributed by atoms with Crippen molar-refractivity contribution in [3.05, 3.63) is 111 Å². The largest absolute Gasteiger partial charge is 0.493 e. The molecule has 39 heavy (non-hydrogen) atoms. The van der Waals surface area contributed by atoms with E-state index >= 15 is 0 Å². The predicted molar refractivity (Wildman–Crippen MR) is 153 cm³/mol. The second-order valence-electron chi connectivity index (χ2n) is 10.0. The number of rotatable bonds is 6. The van der Waals surface area contributed by atoms with Crippen LogP contribution in [0.1, 0.15) is 48.3 Å². The van der Waals surface area contributed by atoms with Gasteiger partial charge in [-0.2, -0.15) is 0 Å². The van der Waals surface area contributed by atoms with Gasteiger partial charge in [0.1, 0.15) is 0 Å². The van der Waals surface area contributed by atoms with Gasteiger partial charge in [0, 0.05) is 45.6 Å². The third-order valence-corrected chi connectivity index (χ3v) is 7.72. The number of hydrogen-bond acceptors (Lipinski definition) is 5. The molecule has 0 aromatic heterocycles. The molecule has 2 unspecified atom stereocenters. The van der Waals surface area contributed by atoms with E-state index in [-0.39, 0.29) is 17.6 Å². The van der Waals surface area contributed by atoms with Crippen molar-refractivity contribution in [3.63, 3.8) is 0 Å². The summed E-state index contributed by atoms with van der Waals surface area (Å²) >= 11 is 6.20. The lowest BCUT2D eigenvalue weighted by molar-refractivity contribution is -0.116.